The highest BCUT2D eigenvalue weighted by molar-refractivity contribution is 5.82. The molecule has 7 nitrogen and oxygen atoms in total. The second-order valence-electron chi connectivity index (χ2n) is 5.47. The molecule has 3 rings (SSSR count). The van der Waals surface area contributed by atoms with E-state index in [-0.39, 0.29) is 12.3 Å². The van der Waals surface area contributed by atoms with Crippen LogP contribution < -0.4 is 10.2 Å². The predicted octanol–water partition coefficient (Wildman–Crippen LogP) is 2.65. The largest absolute Gasteiger partial charge is 0.496 e. The van der Waals surface area contributed by atoms with Crippen LogP contribution in [0.3, 0.4) is 0 Å². The molecule has 0 fully saturated rings. The van der Waals surface area contributed by atoms with Crippen molar-refractivity contribution in [2.24, 2.45) is 5.10 Å². The van der Waals surface area contributed by atoms with Crippen LogP contribution in [0.1, 0.15) is 12.0 Å². The Kier molecular flexibility index (Phi) is 5.72. The number of hydrogen-bond donors (Lipinski definition) is 1. The van der Waals surface area contributed by atoms with Gasteiger partial charge < -0.3 is 4.74 Å². The summed E-state index contributed by atoms with van der Waals surface area (Å²) in [6.45, 7) is 0.443. The molecule has 0 saturated heterocycles. The molecule has 1 N–H and O–H groups in total. The molecule has 0 aliphatic heterocycles. The summed E-state index contributed by atoms with van der Waals surface area (Å²) < 4.78 is 6.97. The van der Waals surface area contributed by atoms with Crippen molar-refractivity contribution in [3.05, 3.63) is 60.2 Å². The number of rotatable bonds is 7. The zero-order valence-corrected chi connectivity index (χ0v) is 14.4. The van der Waals surface area contributed by atoms with Gasteiger partial charge in [-0.1, -0.05) is 35.5 Å². The lowest BCUT2D eigenvalue weighted by molar-refractivity contribution is -0.121. The Morgan fingerprint density at radius 3 is 2.92 bits per heavy atom. The van der Waals surface area contributed by atoms with Gasteiger partial charge in [-0.25, -0.2) is 10.1 Å². The number of carbonyl (C=O) groups excluding carboxylic acids is 1. The lowest BCUT2D eigenvalue weighted by Crippen LogP contribution is -2.19. The van der Waals surface area contributed by atoms with Gasteiger partial charge in [0.25, 0.3) is 0 Å². The number of benzene rings is 2. The number of amides is 1. The van der Waals surface area contributed by atoms with E-state index in [0.29, 0.717) is 6.54 Å². The normalized spacial score (nSPS) is 11.4. The first-order chi connectivity index (χ1) is 12.8. The van der Waals surface area contributed by atoms with E-state index in [1.165, 1.54) is 6.21 Å². The summed E-state index contributed by atoms with van der Waals surface area (Å²) in [5.74, 6) is 0.591. The predicted molar refractivity (Wildman–Crippen MR) is 101 cm³/mol. The van der Waals surface area contributed by atoms with Crippen molar-refractivity contribution < 1.29 is 9.53 Å². The fourth-order valence-corrected chi connectivity index (χ4v) is 2.45. The van der Waals surface area contributed by atoms with Gasteiger partial charge in [0, 0.05) is 18.2 Å². The number of aromatic nitrogens is 3. The van der Waals surface area contributed by atoms with Crippen molar-refractivity contribution in [2.75, 3.05) is 7.11 Å². The summed E-state index contributed by atoms with van der Waals surface area (Å²) in [4.78, 5) is 11.9. The van der Waals surface area contributed by atoms with Crippen LogP contribution >= 0.6 is 0 Å². The Bertz CT molecular complexity index is 946. The van der Waals surface area contributed by atoms with Crippen molar-refractivity contribution >= 4 is 29.2 Å². The maximum atomic E-state index is 11.9. The van der Waals surface area contributed by atoms with Crippen LogP contribution in [0.4, 0.5) is 0 Å². The number of carbonyl (C=O) groups is 1. The highest BCUT2D eigenvalue weighted by atomic mass is 16.5. The van der Waals surface area contributed by atoms with Crippen LogP contribution in [0.2, 0.25) is 0 Å². The Hall–Kier alpha value is -3.48. The maximum Gasteiger partial charge on any atom is 0.241 e. The first-order valence-electron chi connectivity index (χ1n) is 8.18. The molecule has 3 aromatic rings. The molecule has 0 atom stereocenters. The fraction of sp³-hybridized carbons (Fsp3) is 0.158. The molecule has 0 unspecified atom stereocenters. The molecule has 0 saturated carbocycles. The van der Waals surface area contributed by atoms with Crippen molar-refractivity contribution in [3.8, 4) is 5.75 Å². The van der Waals surface area contributed by atoms with Gasteiger partial charge in [0.2, 0.25) is 5.91 Å². The first kappa shape index (κ1) is 17.3. The van der Waals surface area contributed by atoms with Crippen LogP contribution in [-0.4, -0.2) is 34.2 Å². The molecule has 1 amide bonds. The zero-order chi connectivity index (χ0) is 18.2. The highest BCUT2D eigenvalue weighted by Gasteiger charge is 2.05. The summed E-state index contributed by atoms with van der Waals surface area (Å²) >= 11 is 0. The number of allylic oxidation sites excluding steroid dienone is 1. The van der Waals surface area contributed by atoms with Gasteiger partial charge >= 0.3 is 0 Å². The van der Waals surface area contributed by atoms with Gasteiger partial charge in [-0.3, -0.25) is 4.79 Å². The highest BCUT2D eigenvalue weighted by Crippen LogP contribution is 2.18. The minimum atomic E-state index is -0.188. The molecular weight excluding hydrogens is 330 g/mol. The van der Waals surface area contributed by atoms with Gasteiger partial charge in [-0.2, -0.15) is 5.10 Å². The minimum Gasteiger partial charge on any atom is -0.496 e. The van der Waals surface area contributed by atoms with Crippen LogP contribution in [0, 0.1) is 0 Å². The molecule has 0 aliphatic carbocycles. The first-order valence-corrected chi connectivity index (χ1v) is 8.18. The molecule has 7 heteroatoms. The van der Waals surface area contributed by atoms with E-state index in [9.17, 15) is 4.79 Å². The Morgan fingerprint density at radius 2 is 2.04 bits per heavy atom. The Labute approximate surface area is 151 Å². The average molecular weight is 349 g/mol. The number of nitrogens with one attached hydrogen (secondary N) is 1. The zero-order valence-electron chi connectivity index (χ0n) is 14.4. The maximum absolute atomic E-state index is 11.9. The third-order valence-corrected chi connectivity index (χ3v) is 3.74. The number of aryl methyl sites for hydroxylation is 1. The molecule has 2 aromatic carbocycles. The number of para-hydroxylation sites is 2. The van der Waals surface area contributed by atoms with Gasteiger partial charge in [0.15, 0.2) is 0 Å². The van der Waals surface area contributed by atoms with Gasteiger partial charge in [-0.05, 0) is 30.4 Å². The van der Waals surface area contributed by atoms with Gasteiger partial charge in [0.05, 0.1) is 19.2 Å². The van der Waals surface area contributed by atoms with E-state index in [0.717, 1.165) is 22.3 Å². The third kappa shape index (κ3) is 4.32. The minimum absolute atomic E-state index is 0.188. The van der Waals surface area contributed by atoms with Crippen molar-refractivity contribution in [1.29, 1.82) is 0 Å². The van der Waals surface area contributed by atoms with Gasteiger partial charge in [-0.15, -0.1) is 5.10 Å². The summed E-state index contributed by atoms with van der Waals surface area (Å²) in [6, 6.07) is 15.3. The van der Waals surface area contributed by atoms with E-state index in [4.69, 9.17) is 4.74 Å². The molecule has 1 heterocycles. The van der Waals surface area contributed by atoms with Crippen molar-refractivity contribution in [3.63, 3.8) is 0 Å². The smallest absolute Gasteiger partial charge is 0.241 e. The second kappa shape index (κ2) is 8.57. The van der Waals surface area contributed by atoms with Crippen LogP contribution in [0.25, 0.3) is 17.1 Å². The van der Waals surface area contributed by atoms with E-state index < -0.39 is 0 Å². The number of nitrogens with zero attached hydrogens (tertiary/aromatic N) is 4. The standard InChI is InChI=1S/C19H19N5O2/c1-26-18-11-5-2-7-15(18)8-6-13-20-22-19(25)12-14-24-17-10-4-3-9-16(17)21-23-24/h2-11,13H,12,14H2,1H3,(H,22,25)/b8-6+,20-13-. The number of fused-ring (bicyclic) bond motifs is 1. The quantitative estimate of drug-likeness (QED) is 0.525. The topological polar surface area (TPSA) is 81.4 Å². The van der Waals surface area contributed by atoms with Crippen LogP contribution in [0.5, 0.6) is 5.75 Å². The summed E-state index contributed by atoms with van der Waals surface area (Å²) in [6.07, 6.45) is 5.38. The molecule has 0 radical (unpaired) electrons. The van der Waals surface area contributed by atoms with Crippen molar-refractivity contribution in [1.82, 2.24) is 20.4 Å². The molecule has 0 aliphatic rings. The molecule has 0 spiro atoms. The molecule has 0 bridgehead atoms. The SMILES string of the molecule is COc1ccccc1/C=C/C=N\NC(=O)CCn1nnc2ccccc21. The number of methoxy groups -OCH3 is 1. The molecule has 1 aromatic heterocycles. The second-order valence-corrected chi connectivity index (χ2v) is 5.47. The summed E-state index contributed by atoms with van der Waals surface area (Å²) in [5.41, 5.74) is 5.15. The number of ether oxygens (including phenoxy) is 1. The Morgan fingerprint density at radius 1 is 1.23 bits per heavy atom. The Balaban J connectivity index is 1.48. The molecular formula is C19H19N5O2. The van der Waals surface area contributed by atoms with Crippen molar-refractivity contribution in [2.45, 2.75) is 13.0 Å². The van der Waals surface area contributed by atoms with E-state index in [1.807, 2.05) is 54.6 Å². The van der Waals surface area contributed by atoms with E-state index in [1.54, 1.807) is 17.9 Å². The number of hydrogen-bond acceptors (Lipinski definition) is 5. The third-order valence-electron chi connectivity index (χ3n) is 3.74. The molecule has 26 heavy (non-hydrogen) atoms. The fourth-order valence-electron chi connectivity index (χ4n) is 2.45. The van der Waals surface area contributed by atoms with Crippen LogP contribution in [-0.2, 0) is 11.3 Å². The summed E-state index contributed by atoms with van der Waals surface area (Å²) in [5, 5.41) is 12.0. The van der Waals surface area contributed by atoms with Gasteiger partial charge in [0.1, 0.15) is 11.3 Å². The van der Waals surface area contributed by atoms with E-state index >= 15 is 0 Å². The van der Waals surface area contributed by atoms with E-state index in [2.05, 4.69) is 20.8 Å². The monoisotopic (exact) mass is 349 g/mol. The lowest BCUT2D eigenvalue weighted by Gasteiger charge is -2.02. The average Bonchev–Trinajstić information content (AvgIpc) is 3.09. The summed E-state index contributed by atoms with van der Waals surface area (Å²) in [7, 11) is 1.62. The lowest BCUT2D eigenvalue weighted by atomic mass is 10.2. The number of hydrazone groups is 1. The molecule has 132 valence electrons. The van der Waals surface area contributed by atoms with Crippen LogP contribution in [0.15, 0.2) is 59.7 Å².